The second kappa shape index (κ2) is 11.2. The van der Waals surface area contributed by atoms with Gasteiger partial charge in [-0.2, -0.15) is 0 Å². The van der Waals surface area contributed by atoms with E-state index in [9.17, 15) is 8.22 Å². The van der Waals surface area contributed by atoms with Crippen LogP contribution < -0.4 is 0 Å². The zero-order valence-corrected chi connectivity index (χ0v) is 23.8. The van der Waals surface area contributed by atoms with Gasteiger partial charge in [-0.25, -0.2) is 15.0 Å². The highest BCUT2D eigenvalue weighted by atomic mass is 16.3. The zero-order chi connectivity index (χ0) is 48.6. The van der Waals surface area contributed by atoms with Crippen LogP contribution in [0.1, 0.15) is 27.4 Å². The Kier molecular flexibility index (Phi) is 3.23. The van der Waals surface area contributed by atoms with Crippen LogP contribution in [0.3, 0.4) is 0 Å². The smallest absolute Gasteiger partial charge is 0.164 e. The molecule has 9 rings (SSSR count). The van der Waals surface area contributed by atoms with E-state index in [2.05, 4.69) is 15.0 Å². The first-order valence-electron chi connectivity index (χ1n) is 24.1. The van der Waals surface area contributed by atoms with E-state index >= 15 is 0 Å². The highest BCUT2D eigenvalue weighted by molar-refractivity contribution is 6.12. The van der Waals surface area contributed by atoms with Gasteiger partial charge in [-0.1, -0.05) is 139 Å². The Hall–Kier alpha value is -6.39. The molecular formula is C43H27N3O. The van der Waals surface area contributed by atoms with Crippen LogP contribution in [0.25, 0.3) is 89.1 Å². The highest BCUT2D eigenvalue weighted by Gasteiger charge is 2.15. The number of rotatable bonds is 5. The molecule has 0 amide bonds. The van der Waals surface area contributed by atoms with Crippen molar-refractivity contribution in [2.45, 2.75) is 0 Å². The van der Waals surface area contributed by atoms with E-state index in [1.54, 1.807) is 42.5 Å². The topological polar surface area (TPSA) is 51.8 Å². The SMILES string of the molecule is [2H]c1c([2H])c([2H])c(-c2nc(-c3c([2H])c([2H])c(-c4cccc5oc6ccccc6c45)c([2H])c3[2H])nc(-c3c([2H])c([2H])c4c([2H])c(-c5c([2H])c([2H])c([2H])c([2H])c5[2H])c([2H])c([2H])c4c3[2H])n2)c([2H])c1[2H]. The summed E-state index contributed by atoms with van der Waals surface area (Å²) in [7, 11) is 0. The summed E-state index contributed by atoms with van der Waals surface area (Å²) < 4.78 is 181. The van der Waals surface area contributed by atoms with E-state index in [4.69, 9.17) is 23.6 Å². The molecule has 0 aliphatic rings. The van der Waals surface area contributed by atoms with Gasteiger partial charge in [-0.15, -0.1) is 0 Å². The van der Waals surface area contributed by atoms with E-state index in [1.165, 1.54) is 0 Å². The number of furan rings is 1. The van der Waals surface area contributed by atoms with Gasteiger partial charge in [-0.05, 0) is 57.2 Å². The Bertz CT molecular complexity index is 3640. The lowest BCUT2D eigenvalue weighted by Gasteiger charge is -2.10. The van der Waals surface area contributed by atoms with Crippen molar-refractivity contribution in [3.05, 3.63) is 163 Å². The normalized spacial score (nSPS) is 17.4. The lowest BCUT2D eigenvalue weighted by atomic mass is 9.98. The first-order valence-corrected chi connectivity index (χ1v) is 14.1. The fourth-order valence-electron chi connectivity index (χ4n) is 5.10. The van der Waals surface area contributed by atoms with Crippen molar-refractivity contribution >= 4 is 32.7 Å². The molecule has 0 N–H and O–H groups in total. The van der Waals surface area contributed by atoms with Gasteiger partial charge in [0.1, 0.15) is 11.2 Å². The van der Waals surface area contributed by atoms with Crippen molar-refractivity contribution < 1.29 is 31.8 Å². The zero-order valence-electron chi connectivity index (χ0n) is 43.8. The first-order chi connectivity index (χ1) is 31.6. The Morgan fingerprint density at radius 3 is 1.68 bits per heavy atom. The summed E-state index contributed by atoms with van der Waals surface area (Å²) in [5.74, 6) is -2.12. The monoisotopic (exact) mass is 621 g/mol. The molecule has 47 heavy (non-hydrogen) atoms. The molecule has 0 aliphatic carbocycles. The van der Waals surface area contributed by atoms with Crippen molar-refractivity contribution in [1.29, 1.82) is 0 Å². The van der Waals surface area contributed by atoms with E-state index in [0.717, 1.165) is 0 Å². The van der Waals surface area contributed by atoms with Crippen LogP contribution in [-0.4, -0.2) is 15.0 Å². The molecule has 0 saturated heterocycles. The quantitative estimate of drug-likeness (QED) is 0.192. The van der Waals surface area contributed by atoms with Crippen LogP contribution in [-0.2, 0) is 0 Å². The number of nitrogens with zero attached hydrogens (tertiary/aromatic N) is 3. The average Bonchev–Trinajstić information content (AvgIpc) is 3.69. The maximum absolute atomic E-state index is 9.37. The number of benzene rings is 7. The molecule has 4 heteroatoms. The molecule has 0 radical (unpaired) electrons. The second-order valence-corrected chi connectivity index (χ2v) is 10.1. The number of hydrogen-bond acceptors (Lipinski definition) is 4. The number of aromatic nitrogens is 3. The van der Waals surface area contributed by atoms with Crippen molar-refractivity contribution in [3.63, 3.8) is 0 Å². The van der Waals surface area contributed by atoms with Crippen molar-refractivity contribution in [2.75, 3.05) is 0 Å². The molecule has 0 fully saturated rings. The summed E-state index contributed by atoms with van der Waals surface area (Å²) in [6, 6.07) is -3.71. The maximum atomic E-state index is 9.37. The predicted molar refractivity (Wildman–Crippen MR) is 192 cm³/mol. The van der Waals surface area contributed by atoms with E-state index in [-0.39, 0.29) is 5.56 Å². The average molecular weight is 622 g/mol. The molecule has 0 saturated carbocycles. The van der Waals surface area contributed by atoms with Crippen LogP contribution in [0.2, 0.25) is 0 Å². The number of hydrogen-bond donors (Lipinski definition) is 0. The molecule has 0 unspecified atom stereocenters. The van der Waals surface area contributed by atoms with Crippen LogP contribution in [0.4, 0.5) is 0 Å². The largest absolute Gasteiger partial charge is 0.456 e. The summed E-state index contributed by atoms with van der Waals surface area (Å²) in [5, 5.41) is -0.0377. The fraction of sp³-hybridized carbons (Fsp3) is 0. The molecule has 4 nitrogen and oxygen atoms in total. The predicted octanol–water partition coefficient (Wildman–Crippen LogP) is 11.3. The van der Waals surface area contributed by atoms with Crippen LogP contribution >= 0.6 is 0 Å². The fourth-order valence-corrected chi connectivity index (χ4v) is 5.10. The number of para-hydroxylation sites is 1. The lowest BCUT2D eigenvalue weighted by Crippen LogP contribution is -2.00. The van der Waals surface area contributed by atoms with Gasteiger partial charge in [-0.3, -0.25) is 0 Å². The minimum absolute atomic E-state index is 0.130. The molecule has 0 aliphatic heterocycles. The van der Waals surface area contributed by atoms with Crippen molar-refractivity contribution in [3.8, 4) is 56.4 Å². The third-order valence-electron chi connectivity index (χ3n) is 7.23. The molecule has 2 aromatic heterocycles. The standard InChI is InChI=1S/C43H27N3O/c1-3-10-28(11-4-1)32-22-23-34-27-35(25-24-33(34)26-32)43-45-41(30-12-5-2-6-13-30)44-42(46-43)31-20-18-29(19-21-31)36-15-9-17-39-40(36)37-14-7-8-16-38(37)47-39/h1-27H/i1D,2D,3D,4D,5D,6D,10D,11D,12D,13D,18D,19D,20D,21D,22D,23D,24D,25D,26D,27D. The molecule has 0 spiro atoms. The van der Waals surface area contributed by atoms with Gasteiger partial charge < -0.3 is 4.42 Å². The second-order valence-electron chi connectivity index (χ2n) is 10.1. The van der Waals surface area contributed by atoms with Gasteiger partial charge in [0, 0.05) is 27.5 Å². The minimum Gasteiger partial charge on any atom is -0.456 e. The molecule has 220 valence electrons. The van der Waals surface area contributed by atoms with Crippen molar-refractivity contribution in [1.82, 2.24) is 15.0 Å². The molecule has 7 aromatic carbocycles. The summed E-state index contributed by atoms with van der Waals surface area (Å²) in [6.45, 7) is 0. The van der Waals surface area contributed by atoms with Crippen molar-refractivity contribution in [2.24, 2.45) is 0 Å². The van der Waals surface area contributed by atoms with Gasteiger partial charge in [0.05, 0.1) is 27.4 Å². The molecule has 9 aromatic rings. The van der Waals surface area contributed by atoms with Crippen LogP contribution in [0, 0.1) is 0 Å². The maximum Gasteiger partial charge on any atom is 0.164 e. The van der Waals surface area contributed by atoms with Crippen LogP contribution in [0.5, 0.6) is 0 Å². The van der Waals surface area contributed by atoms with E-state index in [0.29, 0.717) is 27.5 Å². The molecule has 2 heterocycles. The Morgan fingerprint density at radius 1 is 0.426 bits per heavy atom. The van der Waals surface area contributed by atoms with Gasteiger partial charge >= 0.3 is 0 Å². The number of fused-ring (bicyclic) bond motifs is 4. The summed E-state index contributed by atoms with van der Waals surface area (Å²) >= 11 is 0. The Morgan fingerprint density at radius 2 is 0.957 bits per heavy atom. The molecule has 0 bridgehead atoms. The van der Waals surface area contributed by atoms with Gasteiger partial charge in [0.2, 0.25) is 0 Å². The Labute approximate surface area is 299 Å². The summed E-state index contributed by atoms with van der Waals surface area (Å²) in [4.78, 5) is 13.0. The van der Waals surface area contributed by atoms with Crippen LogP contribution in [0.15, 0.2) is 168 Å². The third-order valence-corrected chi connectivity index (χ3v) is 7.23. The highest BCUT2D eigenvalue weighted by Crippen LogP contribution is 2.37. The minimum atomic E-state index is -0.894. The third kappa shape index (κ3) is 4.93. The van der Waals surface area contributed by atoms with E-state index in [1.807, 2.05) is 0 Å². The Balaban J connectivity index is 1.36. The molecule has 0 atom stereocenters. The molecular weight excluding hydrogens is 574 g/mol. The van der Waals surface area contributed by atoms with Gasteiger partial charge in [0.25, 0.3) is 0 Å². The van der Waals surface area contributed by atoms with E-state index < -0.39 is 177 Å². The summed E-state index contributed by atoms with van der Waals surface area (Å²) in [6.07, 6.45) is 0. The lowest BCUT2D eigenvalue weighted by molar-refractivity contribution is 0.669. The first kappa shape index (κ1) is 13.5. The summed E-state index contributed by atoms with van der Waals surface area (Å²) in [5.41, 5.74) is -2.06. The van der Waals surface area contributed by atoms with Gasteiger partial charge in [0.15, 0.2) is 17.5 Å².